The second-order valence-electron chi connectivity index (χ2n) is 6.05. The van der Waals surface area contributed by atoms with Crippen LogP contribution in [0.4, 0.5) is 0 Å². The van der Waals surface area contributed by atoms with Gasteiger partial charge in [0.25, 0.3) is 0 Å². The quantitative estimate of drug-likeness (QED) is 0.620. The Hall–Kier alpha value is -0.850. The molecule has 1 unspecified atom stereocenters. The molecule has 6 heteroatoms. The summed E-state index contributed by atoms with van der Waals surface area (Å²) in [5.74, 6) is 1.16. The van der Waals surface area contributed by atoms with Crippen molar-refractivity contribution in [2.45, 2.75) is 50.7 Å². The number of rotatable bonds is 4. The lowest BCUT2D eigenvalue weighted by Crippen LogP contribution is -2.32. The van der Waals surface area contributed by atoms with E-state index in [1.54, 1.807) is 12.1 Å². The van der Waals surface area contributed by atoms with Gasteiger partial charge in [-0.15, -0.1) is 0 Å². The second kappa shape index (κ2) is 8.70. The summed E-state index contributed by atoms with van der Waals surface area (Å²) in [5.41, 5.74) is 0.928. The molecule has 1 rings (SSSR count). The fraction of sp³-hybridized carbons (Fsp3) is 0.562. The zero-order valence-electron chi connectivity index (χ0n) is 14.2. The lowest BCUT2D eigenvalue weighted by molar-refractivity contribution is -0.116. The van der Waals surface area contributed by atoms with Crippen LogP contribution in [0.25, 0.3) is 0 Å². The molecule has 126 valence electrons. The SMILES string of the molecule is CCC(=O)C[S+](C)C(C)(C)C.Cc1ccc(S(=O)(=O)[O-])cc1. The van der Waals surface area contributed by atoms with Crippen molar-refractivity contribution in [1.82, 2.24) is 0 Å². The van der Waals surface area contributed by atoms with Crippen LogP contribution in [-0.2, 0) is 25.8 Å². The predicted molar refractivity (Wildman–Crippen MR) is 92.3 cm³/mol. The highest BCUT2D eigenvalue weighted by molar-refractivity contribution is 7.98. The summed E-state index contributed by atoms with van der Waals surface area (Å²) in [6, 6.07) is 5.78. The van der Waals surface area contributed by atoms with E-state index in [0.717, 1.165) is 11.3 Å². The molecular weight excluding hydrogens is 320 g/mol. The number of hydrogen-bond acceptors (Lipinski definition) is 4. The summed E-state index contributed by atoms with van der Waals surface area (Å²) in [4.78, 5) is 10.9. The first-order valence-electron chi connectivity index (χ1n) is 7.04. The fourth-order valence-corrected chi connectivity index (χ4v) is 2.85. The van der Waals surface area contributed by atoms with Gasteiger partial charge in [-0.2, -0.15) is 0 Å². The smallest absolute Gasteiger partial charge is 0.181 e. The molecule has 0 radical (unpaired) electrons. The third-order valence-electron chi connectivity index (χ3n) is 3.13. The van der Waals surface area contributed by atoms with E-state index in [1.807, 2.05) is 13.8 Å². The monoisotopic (exact) mass is 346 g/mol. The zero-order chi connectivity index (χ0) is 17.6. The predicted octanol–water partition coefficient (Wildman–Crippen LogP) is 2.91. The maximum absolute atomic E-state index is 11.1. The van der Waals surface area contributed by atoms with Crippen molar-refractivity contribution in [2.75, 3.05) is 12.0 Å². The summed E-state index contributed by atoms with van der Waals surface area (Å²) in [6.45, 7) is 10.3. The minimum atomic E-state index is -4.27. The minimum Gasteiger partial charge on any atom is -0.744 e. The number of ketones is 1. The maximum atomic E-state index is 11.1. The molecule has 0 aliphatic carbocycles. The van der Waals surface area contributed by atoms with Gasteiger partial charge < -0.3 is 4.55 Å². The van der Waals surface area contributed by atoms with Crippen LogP contribution < -0.4 is 0 Å². The van der Waals surface area contributed by atoms with Crippen molar-refractivity contribution >= 4 is 26.8 Å². The average molecular weight is 347 g/mol. The molecule has 0 N–H and O–H groups in total. The first-order valence-corrected chi connectivity index (χ1v) is 10.3. The Morgan fingerprint density at radius 3 is 1.95 bits per heavy atom. The van der Waals surface area contributed by atoms with Gasteiger partial charge >= 0.3 is 0 Å². The van der Waals surface area contributed by atoms with E-state index in [4.69, 9.17) is 0 Å². The van der Waals surface area contributed by atoms with Gasteiger partial charge in [-0.1, -0.05) is 24.6 Å². The number of benzene rings is 1. The lowest BCUT2D eigenvalue weighted by Gasteiger charge is -2.17. The van der Waals surface area contributed by atoms with Crippen molar-refractivity contribution in [3.63, 3.8) is 0 Å². The Labute approximate surface area is 137 Å². The molecule has 0 fully saturated rings. The van der Waals surface area contributed by atoms with Gasteiger partial charge in [0, 0.05) is 6.42 Å². The Morgan fingerprint density at radius 2 is 1.64 bits per heavy atom. The molecule has 0 bridgehead atoms. The lowest BCUT2D eigenvalue weighted by atomic mass is 10.2. The van der Waals surface area contributed by atoms with Crippen molar-refractivity contribution < 1.29 is 17.8 Å². The molecule has 1 atom stereocenters. The van der Waals surface area contributed by atoms with Gasteiger partial charge in [0.15, 0.2) is 11.5 Å². The molecule has 0 heterocycles. The van der Waals surface area contributed by atoms with Crippen LogP contribution in [0.15, 0.2) is 29.2 Å². The van der Waals surface area contributed by atoms with Crippen molar-refractivity contribution in [2.24, 2.45) is 0 Å². The van der Waals surface area contributed by atoms with Gasteiger partial charge in [0.05, 0.1) is 11.2 Å². The Morgan fingerprint density at radius 1 is 1.18 bits per heavy atom. The molecular formula is C16H26O4S2. The van der Waals surface area contributed by atoms with Crippen LogP contribution in [0.3, 0.4) is 0 Å². The first-order chi connectivity index (χ1) is 9.87. The molecule has 0 aromatic heterocycles. The second-order valence-corrected chi connectivity index (χ2v) is 10.2. The molecule has 0 saturated heterocycles. The molecule has 4 nitrogen and oxygen atoms in total. The summed E-state index contributed by atoms with van der Waals surface area (Å²) in [5, 5.41) is 0. The third kappa shape index (κ3) is 8.56. The molecule has 0 amide bonds. The van der Waals surface area contributed by atoms with Crippen LogP contribution in [0.1, 0.15) is 39.7 Å². The summed E-state index contributed by atoms with van der Waals surface area (Å²) in [7, 11) is -4.04. The number of hydrogen-bond donors (Lipinski definition) is 0. The van der Waals surface area contributed by atoms with Gasteiger partial charge in [-0.3, -0.25) is 4.79 Å². The average Bonchev–Trinajstić information content (AvgIpc) is 2.37. The largest absolute Gasteiger partial charge is 0.744 e. The fourth-order valence-electron chi connectivity index (χ4n) is 1.26. The molecule has 1 aromatic rings. The zero-order valence-corrected chi connectivity index (χ0v) is 15.8. The molecule has 0 saturated carbocycles. The molecule has 0 aliphatic heterocycles. The molecule has 0 spiro atoms. The summed E-state index contributed by atoms with van der Waals surface area (Å²) in [6.07, 6.45) is 2.86. The van der Waals surface area contributed by atoms with Crippen LogP contribution in [0.5, 0.6) is 0 Å². The van der Waals surface area contributed by atoms with Crippen LogP contribution >= 0.6 is 0 Å². The Balaban J connectivity index is 0.000000401. The van der Waals surface area contributed by atoms with E-state index in [2.05, 4.69) is 27.0 Å². The third-order valence-corrected chi connectivity index (χ3v) is 6.82. The van der Waals surface area contributed by atoms with Crippen molar-refractivity contribution in [1.29, 1.82) is 0 Å². The molecule has 1 aromatic carbocycles. The van der Waals surface area contributed by atoms with Crippen molar-refractivity contribution in [3.05, 3.63) is 29.8 Å². The molecule has 22 heavy (non-hydrogen) atoms. The summed E-state index contributed by atoms with van der Waals surface area (Å²) >= 11 is 0. The normalized spacial score (nSPS) is 13.0. The van der Waals surface area contributed by atoms with E-state index in [0.29, 0.717) is 17.0 Å². The van der Waals surface area contributed by atoms with Gasteiger partial charge in [0.1, 0.15) is 14.9 Å². The van der Waals surface area contributed by atoms with E-state index in [1.165, 1.54) is 12.1 Å². The number of aryl methyl sites for hydroxylation is 1. The van der Waals surface area contributed by atoms with Gasteiger partial charge in [-0.05, 0) is 50.7 Å². The number of Topliss-reactive ketones (excluding diaryl/α,β-unsaturated/α-hetero) is 1. The first kappa shape index (κ1) is 21.1. The topological polar surface area (TPSA) is 74.3 Å². The highest BCUT2D eigenvalue weighted by atomic mass is 32.2. The summed E-state index contributed by atoms with van der Waals surface area (Å²) < 4.78 is 31.5. The number of carbonyl (C=O) groups excluding carboxylic acids is 1. The minimum absolute atomic E-state index is 0.178. The number of carbonyl (C=O) groups is 1. The highest BCUT2D eigenvalue weighted by Gasteiger charge is 2.30. The van der Waals surface area contributed by atoms with E-state index >= 15 is 0 Å². The maximum Gasteiger partial charge on any atom is 0.181 e. The van der Waals surface area contributed by atoms with E-state index < -0.39 is 10.1 Å². The standard InChI is InChI=1S/C9H19OS.C7H8O3S/c1-6-8(10)7-11(5)9(2,3)4;1-6-2-4-7(5-3-6)11(8,9)10/h6-7H2,1-5H3;2-5H,1H3,(H,8,9,10)/q+1;/p-1. The van der Waals surface area contributed by atoms with Gasteiger partial charge in [0.2, 0.25) is 0 Å². The highest BCUT2D eigenvalue weighted by Crippen LogP contribution is 2.16. The Bertz CT molecular complexity index is 569. The van der Waals surface area contributed by atoms with E-state index in [-0.39, 0.29) is 15.8 Å². The Kier molecular flexibility index (Phi) is 8.36. The van der Waals surface area contributed by atoms with Crippen LogP contribution in [-0.4, -0.2) is 35.5 Å². The van der Waals surface area contributed by atoms with Crippen molar-refractivity contribution in [3.8, 4) is 0 Å². The van der Waals surface area contributed by atoms with Gasteiger partial charge in [-0.25, -0.2) is 8.42 Å². The van der Waals surface area contributed by atoms with Crippen LogP contribution in [0.2, 0.25) is 0 Å². The van der Waals surface area contributed by atoms with E-state index in [9.17, 15) is 17.8 Å². The van der Waals surface area contributed by atoms with Crippen LogP contribution in [0, 0.1) is 6.92 Å². The molecule has 0 aliphatic rings.